The molecule has 0 atom stereocenters. The van der Waals surface area contributed by atoms with Gasteiger partial charge in [-0.05, 0) is 32.6 Å². The van der Waals surface area contributed by atoms with Gasteiger partial charge in [0.25, 0.3) is 0 Å². The molecule has 0 aromatic rings. The fourth-order valence-corrected chi connectivity index (χ4v) is 2.10. The van der Waals surface area contributed by atoms with Crippen LogP contribution in [0.2, 0.25) is 0 Å². The first-order valence-corrected chi connectivity index (χ1v) is 5.68. The van der Waals surface area contributed by atoms with Crippen LogP contribution in [0, 0.1) is 5.92 Å². The Balaban J connectivity index is 1.82. The average molecular weight is 196 g/mol. The molecule has 2 fully saturated rings. The Bertz CT molecular complexity index is 223. The van der Waals surface area contributed by atoms with Crippen molar-refractivity contribution < 1.29 is 4.79 Å². The Hall–Kier alpha value is -0.570. The van der Waals surface area contributed by atoms with E-state index >= 15 is 0 Å². The van der Waals surface area contributed by atoms with Gasteiger partial charge in [-0.3, -0.25) is 9.69 Å². The fourth-order valence-electron chi connectivity index (χ4n) is 2.10. The minimum atomic E-state index is 0.312. The lowest BCUT2D eigenvalue weighted by atomic mass is 10.2. The molecule has 1 amide bonds. The van der Waals surface area contributed by atoms with Gasteiger partial charge in [-0.15, -0.1) is 0 Å². The number of carbonyl (C=O) groups excluding carboxylic acids is 1. The quantitative estimate of drug-likeness (QED) is 0.671. The highest BCUT2D eigenvalue weighted by Gasteiger charge is 2.30. The minimum Gasteiger partial charge on any atom is -0.338 e. The normalized spacial score (nSPS) is 24.8. The molecule has 2 rings (SSSR count). The Labute approximate surface area is 86.1 Å². The lowest BCUT2D eigenvalue weighted by Gasteiger charge is -2.36. The Kier molecular flexibility index (Phi) is 2.77. The summed E-state index contributed by atoms with van der Waals surface area (Å²) < 4.78 is 0. The van der Waals surface area contributed by atoms with Crippen LogP contribution in [0.25, 0.3) is 0 Å². The summed E-state index contributed by atoms with van der Waals surface area (Å²) in [4.78, 5) is 16.0. The third-order valence-electron chi connectivity index (χ3n) is 3.17. The van der Waals surface area contributed by atoms with E-state index in [1.807, 2.05) is 4.90 Å². The lowest BCUT2D eigenvalue weighted by Crippen LogP contribution is -2.52. The summed E-state index contributed by atoms with van der Waals surface area (Å²) in [6.45, 7) is 7.97. The zero-order valence-corrected chi connectivity index (χ0v) is 9.20. The summed E-state index contributed by atoms with van der Waals surface area (Å²) in [7, 11) is 0. The molecule has 0 unspecified atom stereocenters. The number of hydrogen-bond acceptors (Lipinski definition) is 2. The summed E-state index contributed by atoms with van der Waals surface area (Å²) in [5.74, 6) is 1.21. The molecule has 1 aliphatic carbocycles. The monoisotopic (exact) mass is 196 g/mol. The standard InChI is InChI=1S/C11H20N2O/c1-9(2)13-6-5-12(8-11(13)14)7-10-3-4-10/h9-10H,3-8H2,1-2H3. The lowest BCUT2D eigenvalue weighted by molar-refractivity contribution is -0.137. The first kappa shape index (κ1) is 9.97. The van der Waals surface area contributed by atoms with Gasteiger partial charge in [-0.2, -0.15) is 0 Å². The first-order valence-electron chi connectivity index (χ1n) is 5.68. The largest absolute Gasteiger partial charge is 0.338 e. The molecule has 3 heteroatoms. The van der Waals surface area contributed by atoms with E-state index in [-0.39, 0.29) is 0 Å². The molecule has 0 N–H and O–H groups in total. The summed E-state index contributed by atoms with van der Waals surface area (Å²) in [5, 5.41) is 0. The van der Waals surface area contributed by atoms with Gasteiger partial charge in [-0.1, -0.05) is 0 Å². The maximum absolute atomic E-state index is 11.7. The summed E-state index contributed by atoms with van der Waals surface area (Å²) >= 11 is 0. The van der Waals surface area contributed by atoms with Gasteiger partial charge in [0.2, 0.25) is 5.91 Å². The van der Waals surface area contributed by atoms with Crippen LogP contribution in [0.4, 0.5) is 0 Å². The molecule has 14 heavy (non-hydrogen) atoms. The van der Waals surface area contributed by atoms with Crippen molar-refractivity contribution in [3.8, 4) is 0 Å². The number of amides is 1. The highest BCUT2D eigenvalue weighted by atomic mass is 16.2. The molecule has 0 radical (unpaired) electrons. The second-order valence-electron chi connectivity index (χ2n) is 4.86. The van der Waals surface area contributed by atoms with E-state index < -0.39 is 0 Å². The second kappa shape index (κ2) is 3.89. The average Bonchev–Trinajstić information content (AvgIpc) is 2.87. The van der Waals surface area contributed by atoms with Gasteiger partial charge in [0.15, 0.2) is 0 Å². The van der Waals surface area contributed by atoms with Gasteiger partial charge in [-0.25, -0.2) is 0 Å². The van der Waals surface area contributed by atoms with E-state index in [1.54, 1.807) is 0 Å². The Morgan fingerprint density at radius 3 is 2.57 bits per heavy atom. The van der Waals surface area contributed by atoms with Gasteiger partial charge >= 0.3 is 0 Å². The van der Waals surface area contributed by atoms with E-state index in [9.17, 15) is 4.79 Å². The maximum Gasteiger partial charge on any atom is 0.237 e. The smallest absolute Gasteiger partial charge is 0.237 e. The van der Waals surface area contributed by atoms with Gasteiger partial charge in [0, 0.05) is 25.7 Å². The number of piperazine rings is 1. The Morgan fingerprint density at radius 2 is 2.07 bits per heavy atom. The Morgan fingerprint density at radius 1 is 1.36 bits per heavy atom. The van der Waals surface area contributed by atoms with Crippen molar-refractivity contribution in [1.29, 1.82) is 0 Å². The molecular weight excluding hydrogens is 176 g/mol. The molecule has 2 aliphatic rings. The summed E-state index contributed by atoms with van der Waals surface area (Å²) in [5.41, 5.74) is 0. The van der Waals surface area contributed by atoms with E-state index in [2.05, 4.69) is 18.7 Å². The second-order valence-corrected chi connectivity index (χ2v) is 4.86. The summed E-state index contributed by atoms with van der Waals surface area (Å²) in [6.07, 6.45) is 2.75. The van der Waals surface area contributed by atoms with Crippen LogP contribution in [0.1, 0.15) is 26.7 Å². The summed E-state index contributed by atoms with van der Waals surface area (Å²) in [6, 6.07) is 0.366. The highest BCUT2D eigenvalue weighted by molar-refractivity contribution is 5.79. The van der Waals surface area contributed by atoms with Crippen LogP contribution >= 0.6 is 0 Å². The molecule has 0 bridgehead atoms. The SMILES string of the molecule is CC(C)N1CCN(CC2CC2)CC1=O. The minimum absolute atomic E-state index is 0.312. The molecule has 1 heterocycles. The predicted molar refractivity (Wildman–Crippen MR) is 56.0 cm³/mol. The van der Waals surface area contributed by atoms with Crippen LogP contribution in [0.15, 0.2) is 0 Å². The van der Waals surface area contributed by atoms with Crippen LogP contribution in [0.5, 0.6) is 0 Å². The van der Waals surface area contributed by atoms with Crippen molar-refractivity contribution in [1.82, 2.24) is 9.80 Å². The molecule has 3 nitrogen and oxygen atoms in total. The van der Waals surface area contributed by atoms with E-state index in [0.29, 0.717) is 18.5 Å². The molecule has 0 spiro atoms. The third-order valence-corrected chi connectivity index (χ3v) is 3.17. The van der Waals surface area contributed by atoms with Crippen molar-refractivity contribution in [2.75, 3.05) is 26.2 Å². The fraction of sp³-hybridized carbons (Fsp3) is 0.909. The highest BCUT2D eigenvalue weighted by Crippen LogP contribution is 2.30. The molecule has 80 valence electrons. The van der Waals surface area contributed by atoms with Crippen molar-refractivity contribution >= 4 is 5.91 Å². The number of carbonyl (C=O) groups is 1. The topological polar surface area (TPSA) is 23.6 Å². The van der Waals surface area contributed by atoms with Crippen LogP contribution in [-0.2, 0) is 4.79 Å². The molecular formula is C11H20N2O. The van der Waals surface area contributed by atoms with Gasteiger partial charge < -0.3 is 4.90 Å². The van der Waals surface area contributed by atoms with Crippen LogP contribution in [0.3, 0.4) is 0 Å². The van der Waals surface area contributed by atoms with Crippen molar-refractivity contribution in [3.63, 3.8) is 0 Å². The van der Waals surface area contributed by atoms with Crippen LogP contribution < -0.4 is 0 Å². The molecule has 1 saturated carbocycles. The van der Waals surface area contributed by atoms with E-state index in [4.69, 9.17) is 0 Å². The third kappa shape index (κ3) is 2.27. The maximum atomic E-state index is 11.7. The van der Waals surface area contributed by atoms with Crippen LogP contribution in [-0.4, -0.2) is 47.9 Å². The zero-order valence-electron chi connectivity index (χ0n) is 9.20. The van der Waals surface area contributed by atoms with Gasteiger partial charge in [0.05, 0.1) is 6.54 Å². The number of nitrogens with zero attached hydrogens (tertiary/aromatic N) is 2. The van der Waals surface area contributed by atoms with Crippen molar-refractivity contribution in [2.24, 2.45) is 5.92 Å². The molecule has 1 saturated heterocycles. The van der Waals surface area contributed by atoms with Crippen molar-refractivity contribution in [3.05, 3.63) is 0 Å². The van der Waals surface area contributed by atoms with Crippen molar-refractivity contribution in [2.45, 2.75) is 32.7 Å². The number of rotatable bonds is 3. The molecule has 1 aliphatic heterocycles. The predicted octanol–water partition coefficient (Wildman–Crippen LogP) is 0.949. The van der Waals surface area contributed by atoms with E-state index in [0.717, 1.165) is 25.6 Å². The zero-order chi connectivity index (χ0) is 10.1. The van der Waals surface area contributed by atoms with E-state index in [1.165, 1.54) is 12.8 Å². The van der Waals surface area contributed by atoms with Gasteiger partial charge in [0.1, 0.15) is 0 Å². The molecule has 0 aromatic carbocycles. The number of hydrogen-bond donors (Lipinski definition) is 0. The molecule has 0 aromatic heterocycles. The first-order chi connectivity index (χ1) is 6.66.